The molecule has 1 aromatic heterocycles. The van der Waals surface area contributed by atoms with Crippen molar-refractivity contribution < 1.29 is 0 Å². The van der Waals surface area contributed by atoms with Gasteiger partial charge in [0.1, 0.15) is 6.07 Å². The van der Waals surface area contributed by atoms with Crippen LogP contribution in [-0.4, -0.2) is 0 Å². The third kappa shape index (κ3) is 1.13. The first-order valence-corrected chi connectivity index (χ1v) is 4.94. The third-order valence-corrected chi connectivity index (χ3v) is 3.28. The second-order valence-corrected chi connectivity index (χ2v) is 4.35. The number of rotatable bonds is 0. The number of benzene rings is 1. The van der Waals surface area contributed by atoms with Gasteiger partial charge < -0.3 is 0 Å². The fourth-order valence-corrected chi connectivity index (χ4v) is 2.66. The van der Waals surface area contributed by atoms with Crippen LogP contribution in [0.3, 0.4) is 0 Å². The van der Waals surface area contributed by atoms with E-state index in [9.17, 15) is 0 Å². The first kappa shape index (κ1) is 8.28. The Morgan fingerprint density at radius 3 is 2.77 bits per heavy atom. The number of hydrogen-bond donors (Lipinski definition) is 0. The van der Waals surface area contributed by atoms with Crippen molar-refractivity contribution in [2.24, 2.45) is 0 Å². The van der Waals surface area contributed by atoms with Crippen LogP contribution in [-0.2, 0) is 0 Å². The van der Waals surface area contributed by atoms with Crippen molar-refractivity contribution in [3.05, 3.63) is 34.2 Å². The van der Waals surface area contributed by atoms with Gasteiger partial charge in [0.2, 0.25) is 0 Å². The number of aryl methyl sites for hydroxylation is 2. The molecule has 0 amide bonds. The van der Waals surface area contributed by atoms with Gasteiger partial charge in [0.05, 0.1) is 5.56 Å². The molecule has 0 radical (unpaired) electrons. The third-order valence-electron chi connectivity index (χ3n) is 2.21. The summed E-state index contributed by atoms with van der Waals surface area (Å²) in [5.74, 6) is 0. The van der Waals surface area contributed by atoms with E-state index in [-0.39, 0.29) is 0 Å². The summed E-state index contributed by atoms with van der Waals surface area (Å²) in [7, 11) is 0. The summed E-state index contributed by atoms with van der Waals surface area (Å²) in [6.45, 7) is 4.05. The fraction of sp³-hybridized carbons (Fsp3) is 0.182. The van der Waals surface area contributed by atoms with E-state index in [2.05, 4.69) is 25.1 Å². The monoisotopic (exact) mass is 187 g/mol. The zero-order valence-electron chi connectivity index (χ0n) is 7.59. The molecule has 0 aliphatic carbocycles. The summed E-state index contributed by atoms with van der Waals surface area (Å²) in [6, 6.07) is 8.43. The second kappa shape index (κ2) is 2.86. The molecule has 0 saturated heterocycles. The first-order valence-electron chi connectivity index (χ1n) is 4.13. The van der Waals surface area contributed by atoms with Gasteiger partial charge in [-0.2, -0.15) is 5.26 Å². The number of nitrogens with zero attached hydrogens (tertiary/aromatic N) is 1. The molecule has 13 heavy (non-hydrogen) atoms. The average molecular weight is 187 g/mol. The SMILES string of the molecule is Cc1sc2cccc(C)c2c1C#N. The molecule has 0 N–H and O–H groups in total. The smallest absolute Gasteiger partial charge is 0.101 e. The van der Waals surface area contributed by atoms with Crippen LogP contribution in [0.25, 0.3) is 10.1 Å². The molecule has 0 spiro atoms. The maximum Gasteiger partial charge on any atom is 0.101 e. The van der Waals surface area contributed by atoms with E-state index in [1.807, 2.05) is 13.0 Å². The Labute approximate surface area is 81.2 Å². The van der Waals surface area contributed by atoms with Gasteiger partial charge in [-0.3, -0.25) is 0 Å². The van der Waals surface area contributed by atoms with Gasteiger partial charge >= 0.3 is 0 Å². The number of fused-ring (bicyclic) bond motifs is 1. The van der Waals surface area contributed by atoms with Gasteiger partial charge in [0.25, 0.3) is 0 Å². The van der Waals surface area contributed by atoms with E-state index < -0.39 is 0 Å². The molecule has 2 rings (SSSR count). The van der Waals surface area contributed by atoms with Crippen molar-refractivity contribution in [1.29, 1.82) is 5.26 Å². The van der Waals surface area contributed by atoms with Crippen molar-refractivity contribution in [3.8, 4) is 6.07 Å². The molecule has 0 fully saturated rings. The molecule has 0 aliphatic rings. The van der Waals surface area contributed by atoms with E-state index in [1.54, 1.807) is 11.3 Å². The number of nitriles is 1. The predicted molar refractivity (Wildman–Crippen MR) is 56.0 cm³/mol. The number of hydrogen-bond acceptors (Lipinski definition) is 2. The molecular weight excluding hydrogens is 178 g/mol. The van der Waals surface area contributed by atoms with Gasteiger partial charge in [0.15, 0.2) is 0 Å². The van der Waals surface area contributed by atoms with E-state index in [0.717, 1.165) is 15.8 Å². The summed E-state index contributed by atoms with van der Waals surface area (Å²) in [4.78, 5) is 1.12. The van der Waals surface area contributed by atoms with Gasteiger partial charge in [-0.05, 0) is 25.5 Å². The summed E-state index contributed by atoms with van der Waals surface area (Å²) in [5, 5.41) is 10.1. The van der Waals surface area contributed by atoms with Crippen molar-refractivity contribution in [2.45, 2.75) is 13.8 Å². The zero-order chi connectivity index (χ0) is 9.42. The molecule has 0 saturated carbocycles. The highest BCUT2D eigenvalue weighted by Gasteiger charge is 2.09. The van der Waals surface area contributed by atoms with Crippen LogP contribution in [0.4, 0.5) is 0 Å². The van der Waals surface area contributed by atoms with Gasteiger partial charge in [-0.25, -0.2) is 0 Å². The minimum atomic E-state index is 0.845. The Morgan fingerprint density at radius 1 is 1.31 bits per heavy atom. The minimum absolute atomic E-state index is 0.845. The van der Waals surface area contributed by atoms with Gasteiger partial charge in [-0.1, -0.05) is 12.1 Å². The van der Waals surface area contributed by atoms with Crippen LogP contribution in [0.5, 0.6) is 0 Å². The topological polar surface area (TPSA) is 23.8 Å². The lowest BCUT2D eigenvalue weighted by Gasteiger charge is -1.94. The van der Waals surface area contributed by atoms with Crippen LogP contribution in [0, 0.1) is 25.2 Å². The Morgan fingerprint density at radius 2 is 2.08 bits per heavy atom. The molecular formula is C11H9NS. The largest absolute Gasteiger partial charge is 0.192 e. The predicted octanol–water partition coefficient (Wildman–Crippen LogP) is 3.39. The van der Waals surface area contributed by atoms with E-state index in [1.165, 1.54) is 10.3 Å². The Kier molecular flexibility index (Phi) is 1.82. The molecule has 1 nitrogen and oxygen atoms in total. The maximum atomic E-state index is 8.99. The summed E-state index contributed by atoms with van der Waals surface area (Å²) >= 11 is 1.69. The molecule has 0 bridgehead atoms. The van der Waals surface area contributed by atoms with Crippen LogP contribution >= 0.6 is 11.3 Å². The Balaban J connectivity index is 2.99. The van der Waals surface area contributed by atoms with Crippen molar-refractivity contribution >= 4 is 21.4 Å². The minimum Gasteiger partial charge on any atom is -0.192 e. The summed E-state index contributed by atoms with van der Waals surface area (Å²) in [6.07, 6.45) is 0. The average Bonchev–Trinajstić information content (AvgIpc) is 2.42. The van der Waals surface area contributed by atoms with E-state index in [4.69, 9.17) is 5.26 Å². The molecule has 1 heterocycles. The first-order chi connectivity index (χ1) is 6.24. The van der Waals surface area contributed by atoms with Gasteiger partial charge in [0, 0.05) is 15.0 Å². The van der Waals surface area contributed by atoms with Crippen molar-refractivity contribution in [3.63, 3.8) is 0 Å². The second-order valence-electron chi connectivity index (χ2n) is 3.09. The summed E-state index contributed by atoms with van der Waals surface area (Å²) in [5.41, 5.74) is 2.04. The van der Waals surface area contributed by atoms with Crippen LogP contribution in [0.1, 0.15) is 16.0 Å². The highest BCUT2D eigenvalue weighted by atomic mass is 32.1. The molecule has 64 valence electrons. The molecule has 0 unspecified atom stereocenters. The Bertz CT molecular complexity index is 503. The lowest BCUT2D eigenvalue weighted by Crippen LogP contribution is -1.77. The fourth-order valence-electron chi connectivity index (χ4n) is 1.57. The lowest BCUT2D eigenvalue weighted by molar-refractivity contribution is 1.46. The molecule has 1 aromatic carbocycles. The van der Waals surface area contributed by atoms with Crippen LogP contribution in [0.2, 0.25) is 0 Å². The lowest BCUT2D eigenvalue weighted by atomic mass is 10.1. The molecule has 2 aromatic rings. The molecule has 0 aliphatic heterocycles. The highest BCUT2D eigenvalue weighted by molar-refractivity contribution is 7.19. The van der Waals surface area contributed by atoms with E-state index in [0.29, 0.717) is 0 Å². The standard InChI is InChI=1S/C11H9NS/c1-7-4-3-5-10-11(7)9(6-12)8(2)13-10/h3-5H,1-2H3. The van der Waals surface area contributed by atoms with Crippen LogP contribution in [0.15, 0.2) is 18.2 Å². The summed E-state index contributed by atoms with van der Waals surface area (Å²) < 4.78 is 1.22. The molecule has 2 heteroatoms. The van der Waals surface area contributed by atoms with Crippen molar-refractivity contribution in [1.82, 2.24) is 0 Å². The number of thiophene rings is 1. The zero-order valence-corrected chi connectivity index (χ0v) is 8.40. The van der Waals surface area contributed by atoms with Gasteiger partial charge in [-0.15, -0.1) is 11.3 Å². The van der Waals surface area contributed by atoms with Crippen LogP contribution < -0.4 is 0 Å². The van der Waals surface area contributed by atoms with Crippen molar-refractivity contribution in [2.75, 3.05) is 0 Å². The Hall–Kier alpha value is -1.33. The molecule has 0 atom stereocenters. The quantitative estimate of drug-likeness (QED) is 0.620. The van der Waals surface area contributed by atoms with E-state index >= 15 is 0 Å². The normalized spacial score (nSPS) is 10.2. The maximum absolute atomic E-state index is 8.99. The highest BCUT2D eigenvalue weighted by Crippen LogP contribution is 2.32.